The summed E-state index contributed by atoms with van der Waals surface area (Å²) in [5, 5.41) is 12.7. The van der Waals surface area contributed by atoms with Gasteiger partial charge in [-0.15, -0.1) is 0 Å². The largest absolute Gasteiger partial charge is 0.497 e. The molecule has 0 bridgehead atoms. The second-order valence-electron chi connectivity index (χ2n) is 4.58. The van der Waals surface area contributed by atoms with Crippen molar-refractivity contribution in [1.82, 2.24) is 4.90 Å². The van der Waals surface area contributed by atoms with Gasteiger partial charge in [-0.1, -0.05) is 11.2 Å². The van der Waals surface area contributed by atoms with Crippen LogP contribution >= 0.6 is 0 Å². The standard InChI is InChI=1S/C13H14N2O3/c1-18-9-3-2-8-7-15-11(4-5-12(15)16)13(14-17)10(8)6-9/h2-3,6,11,17H,4-5,7H2,1H3/b14-13-. The number of oxime groups is 1. The summed E-state index contributed by atoms with van der Waals surface area (Å²) in [7, 11) is 1.60. The highest BCUT2D eigenvalue weighted by atomic mass is 16.5. The lowest BCUT2D eigenvalue weighted by atomic mass is 9.92. The molecule has 0 aromatic heterocycles. The predicted octanol–water partition coefficient (Wildman–Crippen LogP) is 1.38. The van der Waals surface area contributed by atoms with Gasteiger partial charge >= 0.3 is 0 Å². The average Bonchev–Trinajstić information content (AvgIpc) is 2.77. The van der Waals surface area contributed by atoms with Gasteiger partial charge in [0.1, 0.15) is 11.5 Å². The molecule has 3 rings (SSSR count). The van der Waals surface area contributed by atoms with Gasteiger partial charge in [0.15, 0.2) is 0 Å². The maximum atomic E-state index is 11.8. The molecule has 18 heavy (non-hydrogen) atoms. The lowest BCUT2D eigenvalue weighted by Crippen LogP contribution is -2.43. The molecule has 1 N–H and O–H groups in total. The van der Waals surface area contributed by atoms with Crippen LogP contribution in [0, 0.1) is 0 Å². The molecule has 94 valence electrons. The molecule has 2 aliphatic rings. The molecule has 0 spiro atoms. The summed E-state index contributed by atoms with van der Waals surface area (Å²) in [5.74, 6) is 0.857. The normalized spacial score (nSPS) is 24.1. The Labute approximate surface area is 105 Å². The molecule has 2 heterocycles. The van der Waals surface area contributed by atoms with Crippen molar-refractivity contribution in [3.05, 3.63) is 29.3 Å². The van der Waals surface area contributed by atoms with E-state index in [0.29, 0.717) is 18.7 Å². The van der Waals surface area contributed by atoms with Crippen molar-refractivity contribution in [2.75, 3.05) is 7.11 Å². The zero-order valence-electron chi connectivity index (χ0n) is 10.1. The highest BCUT2D eigenvalue weighted by Crippen LogP contribution is 2.33. The minimum Gasteiger partial charge on any atom is -0.497 e. The third-order valence-electron chi connectivity index (χ3n) is 3.69. The molecule has 5 nitrogen and oxygen atoms in total. The summed E-state index contributed by atoms with van der Waals surface area (Å²) in [6.07, 6.45) is 1.24. The molecule has 1 fully saturated rings. The van der Waals surface area contributed by atoms with Gasteiger partial charge in [-0.25, -0.2) is 0 Å². The number of benzene rings is 1. The fourth-order valence-electron chi connectivity index (χ4n) is 2.76. The molecule has 0 aliphatic carbocycles. The van der Waals surface area contributed by atoms with Crippen molar-refractivity contribution >= 4 is 11.6 Å². The van der Waals surface area contributed by atoms with Crippen molar-refractivity contribution in [3.8, 4) is 5.75 Å². The van der Waals surface area contributed by atoms with E-state index in [1.165, 1.54) is 0 Å². The Kier molecular flexibility index (Phi) is 2.47. The summed E-state index contributed by atoms with van der Waals surface area (Å²) < 4.78 is 5.19. The van der Waals surface area contributed by atoms with Gasteiger partial charge in [0, 0.05) is 18.5 Å². The number of methoxy groups -OCH3 is 1. The van der Waals surface area contributed by atoms with Crippen molar-refractivity contribution in [1.29, 1.82) is 0 Å². The zero-order valence-corrected chi connectivity index (χ0v) is 10.1. The van der Waals surface area contributed by atoms with E-state index in [1.54, 1.807) is 12.0 Å². The molecule has 1 aromatic carbocycles. The topological polar surface area (TPSA) is 62.1 Å². The van der Waals surface area contributed by atoms with Crippen LogP contribution in [-0.2, 0) is 11.3 Å². The lowest BCUT2D eigenvalue weighted by Gasteiger charge is -2.32. The maximum absolute atomic E-state index is 11.8. The SMILES string of the molecule is COc1ccc2c(c1)/C(=N/O)C1CCC(=O)N1C2. The van der Waals surface area contributed by atoms with Crippen molar-refractivity contribution in [2.24, 2.45) is 5.16 Å². The number of amides is 1. The number of ether oxygens (including phenoxy) is 1. The Bertz CT molecular complexity index is 539. The number of carbonyl (C=O) groups is 1. The number of hydrogen-bond donors (Lipinski definition) is 1. The Morgan fingerprint density at radius 1 is 1.50 bits per heavy atom. The van der Waals surface area contributed by atoms with Gasteiger partial charge in [-0.2, -0.15) is 0 Å². The van der Waals surface area contributed by atoms with E-state index in [2.05, 4.69) is 5.16 Å². The first kappa shape index (κ1) is 11.1. The molecule has 1 saturated heterocycles. The van der Waals surface area contributed by atoms with E-state index in [1.807, 2.05) is 18.2 Å². The second kappa shape index (κ2) is 4.01. The molecular weight excluding hydrogens is 232 g/mol. The summed E-state index contributed by atoms with van der Waals surface area (Å²) in [6, 6.07) is 5.54. The van der Waals surface area contributed by atoms with Gasteiger partial charge in [0.05, 0.1) is 13.2 Å². The van der Waals surface area contributed by atoms with Crippen LogP contribution in [0.1, 0.15) is 24.0 Å². The van der Waals surface area contributed by atoms with Gasteiger partial charge < -0.3 is 14.8 Å². The van der Waals surface area contributed by atoms with Crippen LogP contribution in [0.3, 0.4) is 0 Å². The molecule has 1 aromatic rings. The fraction of sp³-hybridized carbons (Fsp3) is 0.385. The van der Waals surface area contributed by atoms with Crippen LogP contribution in [0.15, 0.2) is 23.4 Å². The zero-order chi connectivity index (χ0) is 12.7. The van der Waals surface area contributed by atoms with Gasteiger partial charge in [-0.05, 0) is 24.1 Å². The van der Waals surface area contributed by atoms with Crippen LogP contribution in [0.4, 0.5) is 0 Å². The summed E-state index contributed by atoms with van der Waals surface area (Å²) in [5.41, 5.74) is 2.45. The molecule has 1 unspecified atom stereocenters. The highest BCUT2D eigenvalue weighted by molar-refractivity contribution is 6.09. The minimum atomic E-state index is -0.0953. The Balaban J connectivity index is 2.11. The number of rotatable bonds is 1. The molecule has 0 saturated carbocycles. The van der Waals surface area contributed by atoms with Crippen molar-refractivity contribution in [2.45, 2.75) is 25.4 Å². The van der Waals surface area contributed by atoms with Crippen molar-refractivity contribution in [3.63, 3.8) is 0 Å². The van der Waals surface area contributed by atoms with Crippen LogP contribution < -0.4 is 4.74 Å². The number of fused-ring (bicyclic) bond motifs is 2. The molecule has 0 radical (unpaired) electrons. The third kappa shape index (κ3) is 1.47. The summed E-state index contributed by atoms with van der Waals surface area (Å²) in [4.78, 5) is 13.5. The van der Waals surface area contributed by atoms with Crippen LogP contribution in [0.2, 0.25) is 0 Å². The number of nitrogens with zero attached hydrogens (tertiary/aromatic N) is 2. The molecule has 5 heteroatoms. The third-order valence-corrected chi connectivity index (χ3v) is 3.69. The van der Waals surface area contributed by atoms with Crippen LogP contribution in [0.5, 0.6) is 5.75 Å². The fourth-order valence-corrected chi connectivity index (χ4v) is 2.76. The van der Waals surface area contributed by atoms with E-state index >= 15 is 0 Å². The minimum absolute atomic E-state index is 0.0953. The van der Waals surface area contributed by atoms with E-state index in [0.717, 1.165) is 23.3 Å². The number of carbonyl (C=O) groups excluding carboxylic acids is 1. The first-order valence-corrected chi connectivity index (χ1v) is 5.93. The molecule has 1 amide bonds. The smallest absolute Gasteiger partial charge is 0.223 e. The average molecular weight is 246 g/mol. The van der Waals surface area contributed by atoms with Gasteiger partial charge in [-0.3, -0.25) is 4.79 Å². The highest BCUT2D eigenvalue weighted by Gasteiger charge is 2.39. The molecular formula is C13H14N2O3. The van der Waals surface area contributed by atoms with E-state index in [9.17, 15) is 10.0 Å². The van der Waals surface area contributed by atoms with E-state index < -0.39 is 0 Å². The predicted molar refractivity (Wildman–Crippen MR) is 64.9 cm³/mol. The van der Waals surface area contributed by atoms with E-state index in [-0.39, 0.29) is 11.9 Å². The maximum Gasteiger partial charge on any atom is 0.223 e. The monoisotopic (exact) mass is 246 g/mol. The molecule has 2 aliphatic heterocycles. The van der Waals surface area contributed by atoms with Crippen LogP contribution in [0.25, 0.3) is 0 Å². The Morgan fingerprint density at radius 2 is 2.33 bits per heavy atom. The first-order chi connectivity index (χ1) is 8.74. The lowest BCUT2D eigenvalue weighted by molar-refractivity contribution is -0.128. The number of hydrogen-bond acceptors (Lipinski definition) is 4. The Morgan fingerprint density at radius 3 is 3.06 bits per heavy atom. The van der Waals surface area contributed by atoms with Gasteiger partial charge in [0.25, 0.3) is 0 Å². The van der Waals surface area contributed by atoms with E-state index in [4.69, 9.17) is 4.74 Å². The summed E-state index contributed by atoms with van der Waals surface area (Å²) in [6.45, 7) is 0.585. The quantitative estimate of drug-likeness (QED) is 0.601. The first-order valence-electron chi connectivity index (χ1n) is 5.93. The van der Waals surface area contributed by atoms with Gasteiger partial charge in [0.2, 0.25) is 5.91 Å². The molecule has 1 atom stereocenters. The Hall–Kier alpha value is -2.04. The summed E-state index contributed by atoms with van der Waals surface area (Å²) >= 11 is 0. The van der Waals surface area contributed by atoms with Crippen molar-refractivity contribution < 1.29 is 14.7 Å². The van der Waals surface area contributed by atoms with Crippen LogP contribution in [-0.4, -0.2) is 34.9 Å². The second-order valence-corrected chi connectivity index (χ2v) is 4.58.